The van der Waals surface area contributed by atoms with E-state index in [1.165, 1.54) is 26.9 Å². The van der Waals surface area contributed by atoms with E-state index in [0.717, 1.165) is 54.9 Å². The number of para-hydroxylation sites is 2. The molecule has 0 bridgehead atoms. The molecule has 3 heterocycles. The van der Waals surface area contributed by atoms with E-state index >= 15 is 0 Å². The molecule has 0 saturated carbocycles. The molecular formula is C40H23N3O. The van der Waals surface area contributed by atoms with Crippen molar-refractivity contribution in [3.63, 3.8) is 0 Å². The molecule has 0 aliphatic carbocycles. The lowest BCUT2D eigenvalue weighted by molar-refractivity contribution is 1.02. The third-order valence-corrected chi connectivity index (χ3v) is 9.26. The molecule has 7 aromatic carbocycles. The van der Waals surface area contributed by atoms with Crippen molar-refractivity contribution in [2.45, 2.75) is 0 Å². The van der Waals surface area contributed by atoms with E-state index in [9.17, 15) is 4.79 Å². The van der Waals surface area contributed by atoms with Gasteiger partial charge in [-0.3, -0.25) is 13.8 Å². The topological polar surface area (TPSA) is 39.3 Å². The molecule has 0 unspecified atom stereocenters. The molecule has 0 aliphatic heterocycles. The third kappa shape index (κ3) is 2.96. The van der Waals surface area contributed by atoms with Crippen molar-refractivity contribution in [2.75, 3.05) is 0 Å². The number of rotatable bonds is 1. The highest BCUT2D eigenvalue weighted by Crippen LogP contribution is 2.39. The molecular weight excluding hydrogens is 538 g/mol. The van der Waals surface area contributed by atoms with Crippen LogP contribution in [0, 0.1) is 0 Å². The van der Waals surface area contributed by atoms with Gasteiger partial charge in [-0.15, -0.1) is 0 Å². The number of aromatic nitrogens is 3. The zero-order valence-electron chi connectivity index (χ0n) is 23.5. The van der Waals surface area contributed by atoms with Gasteiger partial charge in [0.15, 0.2) is 0 Å². The summed E-state index contributed by atoms with van der Waals surface area (Å²) in [5.74, 6) is 0. The highest BCUT2D eigenvalue weighted by molar-refractivity contribution is 6.26. The molecule has 0 N–H and O–H groups in total. The summed E-state index contributed by atoms with van der Waals surface area (Å²) in [6.07, 6.45) is 0. The highest BCUT2D eigenvalue weighted by atomic mass is 16.1. The van der Waals surface area contributed by atoms with Crippen molar-refractivity contribution in [3.05, 3.63) is 150 Å². The Morgan fingerprint density at radius 2 is 0.955 bits per heavy atom. The lowest BCUT2D eigenvalue weighted by Gasteiger charge is -2.18. The number of imidazole rings is 1. The molecule has 10 rings (SSSR count). The predicted molar refractivity (Wildman–Crippen MR) is 183 cm³/mol. The van der Waals surface area contributed by atoms with Gasteiger partial charge in [0.2, 0.25) is 0 Å². The van der Waals surface area contributed by atoms with Gasteiger partial charge in [0, 0.05) is 16.2 Å². The summed E-state index contributed by atoms with van der Waals surface area (Å²) in [5, 5.41) is 11.9. The summed E-state index contributed by atoms with van der Waals surface area (Å²) in [4.78, 5) is 19.8. The average Bonchev–Trinajstić information content (AvgIpc) is 3.48. The quantitative estimate of drug-likeness (QED) is 0.187. The molecule has 3 aromatic heterocycles. The maximum absolute atomic E-state index is 14.7. The zero-order chi connectivity index (χ0) is 28.9. The number of pyridine rings is 2. The highest BCUT2D eigenvalue weighted by Gasteiger charge is 2.21. The lowest BCUT2D eigenvalue weighted by Crippen LogP contribution is -2.21. The van der Waals surface area contributed by atoms with E-state index in [-0.39, 0.29) is 5.56 Å². The molecule has 10 aromatic rings. The Kier molecular flexibility index (Phi) is 4.56. The SMILES string of the molecule is O=c1c2ccccc2c2c3ccccc3c3nc4ccccc4n3c2n1-c1ccc2c3ccccc3c3ccccc3c2c1. The summed E-state index contributed by atoms with van der Waals surface area (Å²) in [5.41, 5.74) is 4.31. The minimum absolute atomic E-state index is 0.0492. The monoisotopic (exact) mass is 561 g/mol. The minimum atomic E-state index is -0.0492. The van der Waals surface area contributed by atoms with Crippen LogP contribution in [0.25, 0.3) is 87.3 Å². The normalized spacial score (nSPS) is 12.2. The van der Waals surface area contributed by atoms with Crippen LogP contribution in [0.3, 0.4) is 0 Å². The molecule has 0 atom stereocenters. The van der Waals surface area contributed by atoms with Gasteiger partial charge < -0.3 is 0 Å². The lowest BCUT2D eigenvalue weighted by atomic mass is 9.94. The van der Waals surface area contributed by atoms with Gasteiger partial charge in [0.05, 0.1) is 16.7 Å². The Labute approximate surface area is 250 Å². The second-order valence-corrected chi connectivity index (χ2v) is 11.5. The van der Waals surface area contributed by atoms with Gasteiger partial charge in [-0.1, -0.05) is 109 Å². The van der Waals surface area contributed by atoms with Gasteiger partial charge in [0.25, 0.3) is 5.56 Å². The average molecular weight is 562 g/mol. The fraction of sp³-hybridized carbons (Fsp3) is 0. The molecule has 0 fully saturated rings. The summed E-state index contributed by atoms with van der Waals surface area (Å²) < 4.78 is 4.10. The van der Waals surface area contributed by atoms with Crippen LogP contribution in [0.15, 0.2) is 144 Å². The van der Waals surface area contributed by atoms with Crippen LogP contribution in [0.1, 0.15) is 0 Å². The second-order valence-electron chi connectivity index (χ2n) is 11.5. The summed E-state index contributed by atoms with van der Waals surface area (Å²) in [7, 11) is 0. The number of hydrogen-bond acceptors (Lipinski definition) is 2. The van der Waals surface area contributed by atoms with Crippen molar-refractivity contribution in [1.82, 2.24) is 14.0 Å². The Balaban J connectivity index is 1.49. The van der Waals surface area contributed by atoms with Crippen molar-refractivity contribution in [1.29, 1.82) is 0 Å². The molecule has 4 heteroatoms. The van der Waals surface area contributed by atoms with E-state index in [1.807, 2.05) is 41.0 Å². The van der Waals surface area contributed by atoms with Gasteiger partial charge in [-0.2, -0.15) is 0 Å². The summed E-state index contributed by atoms with van der Waals surface area (Å²) in [6, 6.07) is 48.2. The van der Waals surface area contributed by atoms with Crippen LogP contribution in [0.5, 0.6) is 0 Å². The Hall–Kier alpha value is -6.00. The maximum atomic E-state index is 14.7. The third-order valence-electron chi connectivity index (χ3n) is 9.26. The first-order chi connectivity index (χ1) is 21.8. The van der Waals surface area contributed by atoms with Crippen molar-refractivity contribution in [2.24, 2.45) is 0 Å². The minimum Gasteiger partial charge on any atom is -0.277 e. The van der Waals surface area contributed by atoms with Crippen molar-refractivity contribution < 1.29 is 0 Å². The Bertz CT molecular complexity index is 2880. The molecule has 0 amide bonds. The molecule has 4 nitrogen and oxygen atoms in total. The van der Waals surface area contributed by atoms with Gasteiger partial charge >= 0.3 is 0 Å². The molecule has 0 saturated heterocycles. The number of fused-ring (bicyclic) bond motifs is 16. The first kappa shape index (κ1) is 23.6. The first-order valence-electron chi connectivity index (χ1n) is 14.9. The van der Waals surface area contributed by atoms with Gasteiger partial charge in [-0.05, 0) is 73.4 Å². The fourth-order valence-electron chi connectivity index (χ4n) is 7.41. The van der Waals surface area contributed by atoms with Crippen LogP contribution in [-0.2, 0) is 0 Å². The molecule has 44 heavy (non-hydrogen) atoms. The van der Waals surface area contributed by atoms with E-state index in [1.54, 1.807) is 0 Å². The maximum Gasteiger partial charge on any atom is 0.264 e. The summed E-state index contributed by atoms with van der Waals surface area (Å²) >= 11 is 0. The first-order valence-corrected chi connectivity index (χ1v) is 14.9. The van der Waals surface area contributed by atoms with Crippen molar-refractivity contribution >= 4 is 81.6 Å². The standard InChI is InChI=1S/C40H23N3O/c44-40-33-18-8-6-16-31(33)37-30-15-5-7-17-32(30)38-41-35-19-9-10-20-36(35)43(38)39(37)42(40)24-21-22-29-27-13-2-1-11-25(27)26-12-3-4-14-28(26)34(29)23-24/h1-23H. The van der Waals surface area contributed by atoms with Crippen molar-refractivity contribution in [3.8, 4) is 5.69 Å². The van der Waals surface area contributed by atoms with Gasteiger partial charge in [-0.25, -0.2) is 4.98 Å². The number of nitrogens with zero attached hydrogens (tertiary/aromatic N) is 3. The van der Waals surface area contributed by atoms with Crippen LogP contribution >= 0.6 is 0 Å². The van der Waals surface area contributed by atoms with Crippen LogP contribution < -0.4 is 5.56 Å². The number of benzene rings is 7. The van der Waals surface area contributed by atoms with Crippen LogP contribution in [0.4, 0.5) is 0 Å². The van der Waals surface area contributed by atoms with Crippen LogP contribution in [-0.4, -0.2) is 14.0 Å². The smallest absolute Gasteiger partial charge is 0.264 e. The number of hydrogen-bond donors (Lipinski definition) is 0. The van der Waals surface area contributed by atoms with E-state index in [0.29, 0.717) is 5.39 Å². The molecule has 0 radical (unpaired) electrons. The second kappa shape index (κ2) is 8.52. The van der Waals surface area contributed by atoms with E-state index in [2.05, 4.69) is 108 Å². The summed E-state index contributed by atoms with van der Waals surface area (Å²) in [6.45, 7) is 0. The fourth-order valence-corrected chi connectivity index (χ4v) is 7.41. The Morgan fingerprint density at radius 1 is 0.455 bits per heavy atom. The molecule has 204 valence electrons. The van der Waals surface area contributed by atoms with Crippen LogP contribution in [0.2, 0.25) is 0 Å². The zero-order valence-corrected chi connectivity index (χ0v) is 23.5. The predicted octanol–water partition coefficient (Wildman–Crippen LogP) is 9.56. The van der Waals surface area contributed by atoms with Gasteiger partial charge in [0.1, 0.15) is 11.3 Å². The van der Waals surface area contributed by atoms with E-state index in [4.69, 9.17) is 4.98 Å². The molecule has 0 aliphatic rings. The largest absolute Gasteiger partial charge is 0.277 e. The molecule has 0 spiro atoms. The Morgan fingerprint density at radius 3 is 1.64 bits per heavy atom. The van der Waals surface area contributed by atoms with E-state index < -0.39 is 0 Å².